The molecule has 4 atom stereocenters. The first kappa shape index (κ1) is 43.5. The van der Waals surface area contributed by atoms with Gasteiger partial charge in [0.15, 0.2) is 0 Å². The molecule has 4 unspecified atom stereocenters. The van der Waals surface area contributed by atoms with Gasteiger partial charge in [0.25, 0.3) is 0 Å². The summed E-state index contributed by atoms with van der Waals surface area (Å²) in [7, 11) is 0. The molecule has 1 amide bonds. The highest BCUT2D eigenvalue weighted by Gasteiger charge is 2.28. The van der Waals surface area contributed by atoms with Crippen molar-refractivity contribution in [2.24, 2.45) is 0 Å². The largest absolute Gasteiger partial charge is 0.394 e. The van der Waals surface area contributed by atoms with Gasteiger partial charge in [-0.15, -0.1) is 0 Å². The molecule has 45 heavy (non-hydrogen) atoms. The Kier molecular flexibility index (Phi) is 32.8. The number of rotatable bonds is 33. The van der Waals surface area contributed by atoms with Gasteiger partial charge in [-0.05, 0) is 64.2 Å². The molecule has 0 rings (SSSR count). The zero-order valence-corrected chi connectivity index (χ0v) is 29.4. The van der Waals surface area contributed by atoms with Crippen LogP contribution in [-0.4, -0.2) is 57.3 Å². The first-order valence-electron chi connectivity index (χ1n) is 18.9. The van der Waals surface area contributed by atoms with Gasteiger partial charge in [-0.3, -0.25) is 4.79 Å². The second-order valence-corrected chi connectivity index (χ2v) is 12.9. The summed E-state index contributed by atoms with van der Waals surface area (Å²) in [6.07, 6.45) is 37.5. The third-order valence-corrected chi connectivity index (χ3v) is 8.58. The Balaban J connectivity index is 3.76. The average molecular weight is 636 g/mol. The van der Waals surface area contributed by atoms with Gasteiger partial charge < -0.3 is 25.7 Å². The van der Waals surface area contributed by atoms with Crippen LogP contribution in [0.2, 0.25) is 0 Å². The minimum atomic E-state index is -1.28. The molecule has 6 heteroatoms. The van der Waals surface area contributed by atoms with E-state index in [-0.39, 0.29) is 0 Å². The highest BCUT2D eigenvalue weighted by atomic mass is 16.3. The molecule has 0 fully saturated rings. The number of nitrogens with one attached hydrogen (secondary N) is 1. The van der Waals surface area contributed by atoms with E-state index >= 15 is 0 Å². The Hall–Kier alpha value is -1.47. The van der Waals surface area contributed by atoms with Crippen LogP contribution in [0.4, 0.5) is 0 Å². The van der Waals surface area contributed by atoms with E-state index in [4.69, 9.17) is 0 Å². The summed E-state index contributed by atoms with van der Waals surface area (Å²) in [4.78, 5) is 12.4. The van der Waals surface area contributed by atoms with E-state index in [0.717, 1.165) is 51.4 Å². The molecule has 0 bridgehead atoms. The van der Waals surface area contributed by atoms with E-state index in [1.165, 1.54) is 96.3 Å². The quantitative estimate of drug-likeness (QED) is 0.0365. The fraction of sp³-hybridized carbons (Fsp3) is 0.821. The molecule has 0 aromatic rings. The number of amides is 1. The Bertz CT molecular complexity index is 722. The van der Waals surface area contributed by atoms with Gasteiger partial charge in [0, 0.05) is 0 Å². The summed E-state index contributed by atoms with van der Waals surface area (Å²) in [5.74, 6) is -0.599. The van der Waals surface area contributed by atoms with Crippen LogP contribution in [-0.2, 0) is 4.79 Å². The fourth-order valence-corrected chi connectivity index (χ4v) is 5.56. The second-order valence-electron chi connectivity index (χ2n) is 12.9. The molecule has 264 valence electrons. The van der Waals surface area contributed by atoms with Crippen LogP contribution in [0.1, 0.15) is 174 Å². The number of aliphatic hydroxyl groups excluding tert-OH is 4. The second kappa shape index (κ2) is 33.9. The Morgan fingerprint density at radius 2 is 1.04 bits per heavy atom. The van der Waals surface area contributed by atoms with Gasteiger partial charge >= 0.3 is 0 Å². The summed E-state index contributed by atoms with van der Waals surface area (Å²) >= 11 is 0. The summed E-state index contributed by atoms with van der Waals surface area (Å²) in [5, 5.41) is 43.3. The molecule has 0 aromatic heterocycles. The van der Waals surface area contributed by atoms with Crippen molar-refractivity contribution in [3.63, 3.8) is 0 Å². The van der Waals surface area contributed by atoms with E-state index in [1.54, 1.807) is 0 Å². The third-order valence-electron chi connectivity index (χ3n) is 8.58. The van der Waals surface area contributed by atoms with Crippen molar-refractivity contribution in [1.82, 2.24) is 5.32 Å². The highest BCUT2D eigenvalue weighted by molar-refractivity contribution is 5.80. The van der Waals surface area contributed by atoms with Crippen LogP contribution in [0.5, 0.6) is 0 Å². The Labute approximate surface area is 277 Å². The van der Waals surface area contributed by atoms with Crippen LogP contribution >= 0.6 is 0 Å². The molecule has 0 spiro atoms. The van der Waals surface area contributed by atoms with Crippen LogP contribution < -0.4 is 5.32 Å². The number of unbranched alkanes of at least 4 members (excludes halogenated alkanes) is 18. The third kappa shape index (κ3) is 28.5. The molecule has 0 radical (unpaired) electrons. The van der Waals surface area contributed by atoms with Gasteiger partial charge in [0.2, 0.25) is 5.91 Å². The van der Waals surface area contributed by atoms with Crippen molar-refractivity contribution in [1.29, 1.82) is 0 Å². The predicted octanol–water partition coefficient (Wildman–Crippen LogP) is 9.01. The highest BCUT2D eigenvalue weighted by Crippen LogP contribution is 2.15. The van der Waals surface area contributed by atoms with Gasteiger partial charge in [-0.1, -0.05) is 147 Å². The number of carbonyl (C=O) groups is 1. The van der Waals surface area contributed by atoms with E-state index in [1.807, 2.05) is 0 Å². The van der Waals surface area contributed by atoms with Gasteiger partial charge in [0.05, 0.1) is 18.8 Å². The van der Waals surface area contributed by atoms with Crippen molar-refractivity contribution in [3.05, 3.63) is 36.5 Å². The first-order valence-corrected chi connectivity index (χ1v) is 18.9. The SMILES string of the molecule is CC/C=C\C/C=C\CCCCCCCCCCCCCCCC(O)C(=O)NC(CO)C(O)C(O)CCC/C=C/CCCCCC. The molecule has 0 saturated heterocycles. The monoisotopic (exact) mass is 636 g/mol. The maximum Gasteiger partial charge on any atom is 0.249 e. The molecule has 6 nitrogen and oxygen atoms in total. The minimum absolute atomic E-state index is 0.361. The molecule has 0 aliphatic rings. The van der Waals surface area contributed by atoms with Gasteiger partial charge in [0.1, 0.15) is 12.2 Å². The average Bonchev–Trinajstić information content (AvgIpc) is 3.04. The van der Waals surface area contributed by atoms with Crippen LogP contribution in [0.3, 0.4) is 0 Å². The van der Waals surface area contributed by atoms with Crippen molar-refractivity contribution >= 4 is 5.91 Å². The van der Waals surface area contributed by atoms with Crippen molar-refractivity contribution in [2.45, 2.75) is 199 Å². The summed E-state index contributed by atoms with van der Waals surface area (Å²) < 4.78 is 0. The first-order chi connectivity index (χ1) is 22.0. The molecule has 0 aliphatic heterocycles. The minimum Gasteiger partial charge on any atom is -0.394 e. The summed E-state index contributed by atoms with van der Waals surface area (Å²) in [6, 6.07) is -0.998. The lowest BCUT2D eigenvalue weighted by Crippen LogP contribution is -2.53. The normalized spacial score (nSPS) is 14.9. The lowest BCUT2D eigenvalue weighted by Gasteiger charge is -2.27. The smallest absolute Gasteiger partial charge is 0.249 e. The summed E-state index contributed by atoms with van der Waals surface area (Å²) in [5.41, 5.74) is 0. The number of hydrogen-bond donors (Lipinski definition) is 5. The predicted molar refractivity (Wildman–Crippen MR) is 191 cm³/mol. The van der Waals surface area contributed by atoms with Crippen LogP contribution in [0.25, 0.3) is 0 Å². The molecule has 5 N–H and O–H groups in total. The maximum atomic E-state index is 12.4. The van der Waals surface area contributed by atoms with E-state index < -0.39 is 36.9 Å². The molecule has 0 aromatic carbocycles. The van der Waals surface area contributed by atoms with Gasteiger partial charge in [-0.2, -0.15) is 0 Å². The molecule has 0 saturated carbocycles. The standard InChI is InChI=1S/C39H73NO5/c1-3-5-7-9-11-13-14-15-16-17-18-19-20-21-22-23-25-27-29-31-33-37(43)39(45)40-35(34-41)38(44)36(42)32-30-28-26-24-12-10-8-6-4-2/h5,7,11,13,24,26,35-38,41-44H,3-4,6,8-10,12,14-23,25,27-34H2,1-2H3,(H,40,45)/b7-5-,13-11-,26-24+. The Morgan fingerprint density at radius 3 is 1.58 bits per heavy atom. The van der Waals surface area contributed by atoms with E-state index in [2.05, 4.69) is 55.6 Å². The van der Waals surface area contributed by atoms with E-state index in [9.17, 15) is 25.2 Å². The topological polar surface area (TPSA) is 110 Å². The van der Waals surface area contributed by atoms with Crippen LogP contribution in [0, 0.1) is 0 Å². The zero-order valence-electron chi connectivity index (χ0n) is 29.4. The van der Waals surface area contributed by atoms with Crippen LogP contribution in [0.15, 0.2) is 36.5 Å². The fourth-order valence-electron chi connectivity index (χ4n) is 5.56. The molecule has 0 heterocycles. The molecular formula is C39H73NO5. The van der Waals surface area contributed by atoms with Crippen molar-refractivity contribution in [3.8, 4) is 0 Å². The number of allylic oxidation sites excluding steroid dienone is 6. The molecule has 0 aliphatic carbocycles. The number of carbonyl (C=O) groups excluding carboxylic acids is 1. The number of hydrogen-bond acceptors (Lipinski definition) is 5. The van der Waals surface area contributed by atoms with Crippen molar-refractivity contribution < 1.29 is 25.2 Å². The number of aliphatic hydroxyl groups is 4. The molecular weight excluding hydrogens is 562 g/mol. The van der Waals surface area contributed by atoms with Gasteiger partial charge in [-0.25, -0.2) is 0 Å². The summed E-state index contributed by atoms with van der Waals surface area (Å²) in [6.45, 7) is 3.87. The zero-order chi connectivity index (χ0) is 33.2. The van der Waals surface area contributed by atoms with Crippen molar-refractivity contribution in [2.75, 3.05) is 6.61 Å². The Morgan fingerprint density at radius 1 is 0.578 bits per heavy atom. The lowest BCUT2D eigenvalue weighted by atomic mass is 10.00. The van der Waals surface area contributed by atoms with E-state index in [0.29, 0.717) is 12.8 Å². The maximum absolute atomic E-state index is 12.4. The lowest BCUT2D eigenvalue weighted by molar-refractivity contribution is -0.132.